The van der Waals surface area contributed by atoms with Crippen molar-refractivity contribution in [3.63, 3.8) is 0 Å². The number of aromatic hydroxyl groups is 1. The smallest absolute Gasteiger partial charge is 0.331 e. The van der Waals surface area contributed by atoms with Gasteiger partial charge in [-0.25, -0.2) is 9.59 Å². The average molecular weight is 482 g/mol. The Kier molecular flexibility index (Phi) is 8.38. The second-order valence-electron chi connectivity index (χ2n) is 7.89. The van der Waals surface area contributed by atoms with E-state index in [0.717, 1.165) is 12.2 Å². The van der Waals surface area contributed by atoms with Gasteiger partial charge in [-0.3, -0.25) is 0 Å². The minimum Gasteiger partial charge on any atom is -0.508 e. The highest BCUT2D eigenvalue weighted by Gasteiger charge is 2.47. The molecule has 1 aliphatic carbocycles. The summed E-state index contributed by atoms with van der Waals surface area (Å²) in [6, 6.07) is 5.91. The Morgan fingerprint density at radius 2 is 1.74 bits per heavy atom. The minimum atomic E-state index is -1.78. The summed E-state index contributed by atoms with van der Waals surface area (Å²) in [5, 5.41) is 68.5. The molecular formula is C22H26O12. The standard InChI is InChI=1S/C22H26O12/c23-9-15-17(27)18(28)19(29)22(33-15)34-20-13(25)7-11(21(30)31)8-14(20)32-16(26)6-3-10-1-4-12(24)5-2-10/h1-7,13-15,17-20,22-25,27-29H,8-9H2,(H,30,31)/t13-,14-,15-,17-,18+,19-,20-,22+/m1/s1. The normalized spacial score (nSPS) is 34.0. The van der Waals surface area contributed by atoms with Gasteiger partial charge in [0, 0.05) is 18.1 Å². The first-order valence-corrected chi connectivity index (χ1v) is 10.4. The van der Waals surface area contributed by atoms with E-state index in [1.54, 1.807) is 12.1 Å². The Morgan fingerprint density at radius 3 is 2.35 bits per heavy atom. The maximum atomic E-state index is 12.4. The molecule has 0 unspecified atom stereocenters. The van der Waals surface area contributed by atoms with Crippen LogP contribution in [0.5, 0.6) is 5.75 Å². The first kappa shape index (κ1) is 25.8. The number of phenols is 1. The number of hydrogen-bond acceptors (Lipinski definition) is 11. The van der Waals surface area contributed by atoms with Crippen molar-refractivity contribution >= 4 is 18.0 Å². The highest BCUT2D eigenvalue weighted by atomic mass is 16.7. The highest BCUT2D eigenvalue weighted by molar-refractivity contribution is 5.88. The molecule has 1 saturated heterocycles. The van der Waals surface area contributed by atoms with Crippen molar-refractivity contribution in [2.75, 3.05) is 6.61 Å². The molecule has 1 fully saturated rings. The van der Waals surface area contributed by atoms with E-state index in [4.69, 9.17) is 14.2 Å². The van der Waals surface area contributed by atoms with E-state index in [9.17, 15) is 45.3 Å². The third kappa shape index (κ3) is 5.98. The Balaban J connectivity index is 1.77. The fourth-order valence-electron chi connectivity index (χ4n) is 3.63. The molecule has 0 aromatic heterocycles. The van der Waals surface area contributed by atoms with Crippen LogP contribution in [0, 0.1) is 0 Å². The average Bonchev–Trinajstić information content (AvgIpc) is 2.80. The molecule has 0 radical (unpaired) electrons. The van der Waals surface area contributed by atoms with Crippen LogP contribution in [0.25, 0.3) is 6.08 Å². The summed E-state index contributed by atoms with van der Waals surface area (Å²) in [4.78, 5) is 23.8. The molecule has 12 nitrogen and oxygen atoms in total. The number of rotatable bonds is 7. The van der Waals surface area contributed by atoms with Crippen LogP contribution < -0.4 is 0 Å². The van der Waals surface area contributed by atoms with Crippen LogP contribution >= 0.6 is 0 Å². The predicted octanol–water partition coefficient (Wildman–Crippen LogP) is -1.72. The molecule has 3 rings (SSSR count). The Morgan fingerprint density at radius 1 is 1.06 bits per heavy atom. The molecule has 12 heteroatoms. The number of hydrogen-bond donors (Lipinski definition) is 7. The summed E-state index contributed by atoms with van der Waals surface area (Å²) in [7, 11) is 0. The summed E-state index contributed by atoms with van der Waals surface area (Å²) < 4.78 is 16.1. The van der Waals surface area contributed by atoms with E-state index in [1.165, 1.54) is 18.2 Å². The summed E-state index contributed by atoms with van der Waals surface area (Å²) >= 11 is 0. The maximum Gasteiger partial charge on any atom is 0.331 e. The maximum absolute atomic E-state index is 12.4. The first-order valence-electron chi connectivity index (χ1n) is 10.4. The SMILES string of the molecule is O=C(C=Cc1ccc(O)cc1)O[C@@H]1CC(C(=O)O)=C[C@@H](O)[C@H]1O[C@@H]1O[C@H](CO)[C@@H](O)[C@H](O)[C@H]1O. The van der Waals surface area contributed by atoms with E-state index in [1.807, 2.05) is 0 Å². The summed E-state index contributed by atoms with van der Waals surface area (Å²) in [5.74, 6) is -2.19. The van der Waals surface area contributed by atoms with Crippen molar-refractivity contribution in [1.29, 1.82) is 0 Å². The van der Waals surface area contributed by atoms with Gasteiger partial charge in [0.1, 0.15) is 48.5 Å². The molecule has 34 heavy (non-hydrogen) atoms. The molecule has 1 aliphatic heterocycles. The van der Waals surface area contributed by atoms with Crippen LogP contribution in [0.4, 0.5) is 0 Å². The van der Waals surface area contributed by atoms with Crippen LogP contribution in [-0.4, -0.2) is 103 Å². The second kappa shape index (κ2) is 11.1. The van der Waals surface area contributed by atoms with Gasteiger partial charge in [-0.2, -0.15) is 0 Å². The van der Waals surface area contributed by atoms with Crippen LogP contribution in [0.1, 0.15) is 12.0 Å². The number of ether oxygens (including phenoxy) is 3. The van der Waals surface area contributed by atoms with Gasteiger partial charge < -0.3 is 50.0 Å². The van der Waals surface area contributed by atoms with Gasteiger partial charge in [0.25, 0.3) is 0 Å². The molecule has 1 heterocycles. The molecular weight excluding hydrogens is 456 g/mol. The highest BCUT2D eigenvalue weighted by Crippen LogP contribution is 2.30. The van der Waals surface area contributed by atoms with Gasteiger partial charge >= 0.3 is 11.9 Å². The summed E-state index contributed by atoms with van der Waals surface area (Å²) in [6.07, 6.45) is -9.28. The molecule has 0 amide bonds. The number of benzene rings is 1. The quantitative estimate of drug-likeness (QED) is 0.171. The van der Waals surface area contributed by atoms with Gasteiger partial charge in [-0.05, 0) is 29.8 Å². The Bertz CT molecular complexity index is 924. The monoisotopic (exact) mass is 482 g/mol. The van der Waals surface area contributed by atoms with Gasteiger partial charge in [0.05, 0.1) is 6.61 Å². The molecule has 8 atom stereocenters. The van der Waals surface area contributed by atoms with Crippen LogP contribution in [0.2, 0.25) is 0 Å². The third-order valence-electron chi connectivity index (χ3n) is 5.48. The number of carboxylic acid groups (broad SMARTS) is 1. The van der Waals surface area contributed by atoms with Crippen molar-refractivity contribution in [2.24, 2.45) is 0 Å². The molecule has 0 saturated carbocycles. The number of carboxylic acids is 1. The largest absolute Gasteiger partial charge is 0.508 e. The van der Waals surface area contributed by atoms with E-state index in [-0.39, 0.29) is 17.7 Å². The van der Waals surface area contributed by atoms with E-state index in [0.29, 0.717) is 5.56 Å². The fraction of sp³-hybridized carbons (Fsp3) is 0.455. The van der Waals surface area contributed by atoms with Gasteiger partial charge in [0.2, 0.25) is 0 Å². The number of aliphatic carboxylic acids is 1. The van der Waals surface area contributed by atoms with Crippen LogP contribution in [0.15, 0.2) is 42.0 Å². The zero-order chi connectivity index (χ0) is 25.0. The van der Waals surface area contributed by atoms with Gasteiger partial charge in [0.15, 0.2) is 6.29 Å². The van der Waals surface area contributed by atoms with Crippen molar-refractivity contribution in [3.05, 3.63) is 47.6 Å². The molecule has 0 bridgehead atoms. The summed E-state index contributed by atoms with van der Waals surface area (Å²) in [6.45, 7) is -0.707. The predicted molar refractivity (Wildman–Crippen MR) is 112 cm³/mol. The number of aliphatic hydroxyl groups is 5. The first-order chi connectivity index (χ1) is 16.1. The molecule has 1 aromatic carbocycles. The topological polar surface area (TPSA) is 203 Å². The van der Waals surface area contributed by atoms with Crippen molar-refractivity contribution in [3.8, 4) is 5.75 Å². The minimum absolute atomic E-state index is 0.0390. The number of carbonyl (C=O) groups excluding carboxylic acids is 1. The fourth-order valence-corrected chi connectivity index (χ4v) is 3.63. The summed E-state index contributed by atoms with van der Waals surface area (Å²) in [5.41, 5.74) is 0.333. The second-order valence-corrected chi connectivity index (χ2v) is 7.89. The zero-order valence-electron chi connectivity index (χ0n) is 17.7. The van der Waals surface area contributed by atoms with Crippen molar-refractivity contribution in [1.82, 2.24) is 0 Å². The van der Waals surface area contributed by atoms with E-state index < -0.39 is 67.6 Å². The van der Waals surface area contributed by atoms with Gasteiger partial charge in [-0.15, -0.1) is 0 Å². The lowest BCUT2D eigenvalue weighted by Crippen LogP contribution is -2.61. The Labute approximate surface area is 193 Å². The van der Waals surface area contributed by atoms with E-state index in [2.05, 4.69) is 0 Å². The zero-order valence-corrected chi connectivity index (χ0v) is 17.7. The lowest BCUT2D eigenvalue weighted by atomic mass is 9.91. The number of esters is 1. The molecule has 2 aliphatic rings. The van der Waals surface area contributed by atoms with Crippen LogP contribution in [-0.2, 0) is 23.8 Å². The number of phenolic OH excluding ortho intramolecular Hbond substituents is 1. The molecule has 1 aromatic rings. The van der Waals surface area contributed by atoms with Crippen molar-refractivity contribution < 1.29 is 59.5 Å². The lowest BCUT2D eigenvalue weighted by Gasteiger charge is -2.42. The lowest BCUT2D eigenvalue weighted by molar-refractivity contribution is -0.322. The van der Waals surface area contributed by atoms with Crippen molar-refractivity contribution in [2.45, 2.75) is 55.4 Å². The van der Waals surface area contributed by atoms with E-state index >= 15 is 0 Å². The number of carbonyl (C=O) groups is 2. The third-order valence-corrected chi connectivity index (χ3v) is 5.48. The van der Waals surface area contributed by atoms with Gasteiger partial charge in [-0.1, -0.05) is 12.1 Å². The molecule has 7 N–H and O–H groups in total. The molecule has 0 spiro atoms. The van der Waals surface area contributed by atoms with Crippen LogP contribution in [0.3, 0.4) is 0 Å². The Hall–Kier alpha value is -2.84. The molecule has 186 valence electrons. The number of aliphatic hydroxyl groups excluding tert-OH is 5.